The maximum atomic E-state index is 12.8. The first kappa shape index (κ1) is 16.4. The minimum atomic E-state index is -3.14. The Bertz CT molecular complexity index is 673. The summed E-state index contributed by atoms with van der Waals surface area (Å²) >= 11 is 0. The third-order valence-electron chi connectivity index (χ3n) is 3.47. The molecule has 1 aliphatic heterocycles. The Kier molecular flexibility index (Phi) is 4.80. The Morgan fingerprint density at radius 3 is 2.50 bits per heavy atom. The van der Waals surface area contributed by atoms with Gasteiger partial charge in [0.15, 0.2) is 9.84 Å². The minimum Gasteiger partial charge on any atom is -0.336 e. The number of halogens is 1. The van der Waals surface area contributed by atoms with Crippen LogP contribution in [-0.2, 0) is 19.4 Å². The van der Waals surface area contributed by atoms with Crippen molar-refractivity contribution < 1.29 is 22.4 Å². The number of likely N-dealkylation sites (N-methyl/N-ethyl adjacent to an activating group) is 1. The molecular weight excluding hydrogens is 311 g/mol. The molecule has 0 radical (unpaired) electrons. The van der Waals surface area contributed by atoms with Crippen molar-refractivity contribution in [1.29, 1.82) is 0 Å². The van der Waals surface area contributed by atoms with Gasteiger partial charge in [-0.1, -0.05) is 0 Å². The van der Waals surface area contributed by atoms with Crippen LogP contribution in [0.2, 0.25) is 0 Å². The lowest BCUT2D eigenvalue weighted by atomic mass is 10.1. The van der Waals surface area contributed by atoms with E-state index in [1.807, 2.05) is 0 Å². The number of nitrogens with one attached hydrogen (secondary N) is 1. The Morgan fingerprint density at radius 1 is 1.32 bits per heavy atom. The maximum Gasteiger partial charge on any atom is 0.243 e. The van der Waals surface area contributed by atoms with Gasteiger partial charge >= 0.3 is 0 Å². The summed E-state index contributed by atoms with van der Waals surface area (Å²) in [4.78, 5) is 25.1. The number of benzene rings is 1. The smallest absolute Gasteiger partial charge is 0.243 e. The first-order valence-corrected chi connectivity index (χ1v) is 8.60. The van der Waals surface area contributed by atoms with Gasteiger partial charge in [0.05, 0.1) is 24.0 Å². The molecule has 1 aliphatic rings. The summed E-state index contributed by atoms with van der Waals surface area (Å²) in [6.07, 6.45) is 0.297. The predicted molar refractivity (Wildman–Crippen MR) is 79.4 cm³/mol. The van der Waals surface area contributed by atoms with Gasteiger partial charge in [0.25, 0.3) is 0 Å². The zero-order valence-corrected chi connectivity index (χ0v) is 12.9. The molecule has 2 rings (SSSR count). The van der Waals surface area contributed by atoms with Crippen LogP contribution >= 0.6 is 0 Å². The molecule has 6 nitrogen and oxygen atoms in total. The second kappa shape index (κ2) is 6.43. The van der Waals surface area contributed by atoms with Gasteiger partial charge in [-0.25, -0.2) is 12.8 Å². The van der Waals surface area contributed by atoms with Crippen molar-refractivity contribution in [1.82, 2.24) is 4.90 Å². The highest BCUT2D eigenvalue weighted by Gasteiger charge is 2.34. The average Bonchev–Trinajstić information content (AvgIpc) is 2.80. The number of amides is 2. The fourth-order valence-electron chi connectivity index (χ4n) is 2.33. The fourth-order valence-corrected chi connectivity index (χ4v) is 4.06. The van der Waals surface area contributed by atoms with Crippen LogP contribution < -0.4 is 5.32 Å². The van der Waals surface area contributed by atoms with Gasteiger partial charge in [-0.15, -0.1) is 0 Å². The lowest BCUT2D eigenvalue weighted by Gasteiger charge is -2.19. The Labute approximate surface area is 128 Å². The number of rotatable bonds is 4. The summed E-state index contributed by atoms with van der Waals surface area (Å²) in [7, 11) is -1.68. The molecule has 0 aromatic heterocycles. The lowest BCUT2D eigenvalue weighted by molar-refractivity contribution is -0.136. The summed E-state index contributed by atoms with van der Waals surface area (Å²) < 4.78 is 35.5. The van der Waals surface area contributed by atoms with Crippen molar-refractivity contribution in [2.24, 2.45) is 5.92 Å². The molecule has 1 saturated heterocycles. The number of hydrogen-bond donors (Lipinski definition) is 1. The van der Waals surface area contributed by atoms with Crippen molar-refractivity contribution in [2.45, 2.75) is 6.42 Å². The van der Waals surface area contributed by atoms with Crippen LogP contribution in [0.3, 0.4) is 0 Å². The van der Waals surface area contributed by atoms with Gasteiger partial charge in [0.1, 0.15) is 5.82 Å². The zero-order chi connectivity index (χ0) is 16.3. The first-order valence-electron chi connectivity index (χ1n) is 6.78. The quantitative estimate of drug-likeness (QED) is 0.880. The molecule has 22 heavy (non-hydrogen) atoms. The standard InChI is InChI=1S/C14H17FN2O4S/c1-17(14(19)10-6-7-22(20,21)9-10)8-13(18)16-12-4-2-11(15)3-5-12/h2-5,10H,6-9H2,1H3,(H,16,18). The summed E-state index contributed by atoms with van der Waals surface area (Å²) in [5, 5.41) is 2.54. The number of sulfone groups is 1. The van der Waals surface area contributed by atoms with Crippen LogP contribution in [0.15, 0.2) is 24.3 Å². The van der Waals surface area contributed by atoms with Crippen molar-refractivity contribution in [3.63, 3.8) is 0 Å². The third-order valence-corrected chi connectivity index (χ3v) is 5.23. The van der Waals surface area contributed by atoms with Gasteiger partial charge in [-0.3, -0.25) is 9.59 Å². The molecule has 8 heteroatoms. The molecule has 1 N–H and O–H groups in total. The van der Waals surface area contributed by atoms with Crippen molar-refractivity contribution in [2.75, 3.05) is 30.4 Å². The molecule has 120 valence electrons. The first-order chi connectivity index (χ1) is 10.3. The Hall–Kier alpha value is -1.96. The number of anilines is 1. The molecule has 1 fully saturated rings. The summed E-state index contributed by atoms with van der Waals surface area (Å²) in [5.74, 6) is -1.91. The topological polar surface area (TPSA) is 83.6 Å². The van der Waals surface area contributed by atoms with Crippen LogP contribution in [0, 0.1) is 11.7 Å². The number of carbonyl (C=O) groups is 2. The van der Waals surface area contributed by atoms with Gasteiger partial charge in [-0.2, -0.15) is 0 Å². The largest absolute Gasteiger partial charge is 0.336 e. The van der Waals surface area contributed by atoms with E-state index in [-0.39, 0.29) is 24.0 Å². The van der Waals surface area contributed by atoms with Gasteiger partial charge in [-0.05, 0) is 30.7 Å². The minimum absolute atomic E-state index is 0.0129. The van der Waals surface area contributed by atoms with E-state index in [4.69, 9.17) is 0 Å². The monoisotopic (exact) mass is 328 g/mol. The number of hydrogen-bond acceptors (Lipinski definition) is 4. The van der Waals surface area contributed by atoms with Crippen LogP contribution in [0.1, 0.15) is 6.42 Å². The highest BCUT2D eigenvalue weighted by atomic mass is 32.2. The summed E-state index contributed by atoms with van der Waals surface area (Å²) in [6, 6.07) is 5.26. The van der Waals surface area contributed by atoms with Crippen LogP contribution in [0.25, 0.3) is 0 Å². The van der Waals surface area contributed by atoms with E-state index >= 15 is 0 Å². The van der Waals surface area contributed by atoms with Gasteiger partial charge in [0, 0.05) is 12.7 Å². The second-order valence-electron chi connectivity index (χ2n) is 5.35. The predicted octanol–water partition coefficient (Wildman–Crippen LogP) is 0.657. The van der Waals surface area contributed by atoms with E-state index in [2.05, 4.69) is 5.32 Å². The van der Waals surface area contributed by atoms with Crippen LogP contribution in [0.5, 0.6) is 0 Å². The normalized spacial score (nSPS) is 19.6. The van der Waals surface area contributed by atoms with Crippen molar-refractivity contribution >= 4 is 27.3 Å². The molecular formula is C14H17FN2O4S. The van der Waals surface area contributed by atoms with E-state index in [1.165, 1.54) is 36.2 Å². The molecule has 0 aliphatic carbocycles. The molecule has 2 amide bonds. The number of nitrogens with zero attached hydrogens (tertiary/aromatic N) is 1. The molecule has 1 aromatic rings. The SMILES string of the molecule is CN(CC(=O)Nc1ccc(F)cc1)C(=O)C1CCS(=O)(=O)C1. The number of carbonyl (C=O) groups excluding carboxylic acids is 2. The molecule has 0 saturated carbocycles. The van der Waals surface area contributed by atoms with E-state index in [1.54, 1.807) is 0 Å². The van der Waals surface area contributed by atoms with Gasteiger partial charge < -0.3 is 10.2 Å². The van der Waals surface area contributed by atoms with Crippen molar-refractivity contribution in [3.8, 4) is 0 Å². The van der Waals surface area contributed by atoms with E-state index in [0.29, 0.717) is 12.1 Å². The highest BCUT2D eigenvalue weighted by molar-refractivity contribution is 7.91. The lowest BCUT2D eigenvalue weighted by Crippen LogP contribution is -2.39. The highest BCUT2D eigenvalue weighted by Crippen LogP contribution is 2.20. The molecule has 1 unspecified atom stereocenters. The molecule has 1 heterocycles. The third kappa shape index (κ3) is 4.27. The molecule has 0 bridgehead atoms. The zero-order valence-electron chi connectivity index (χ0n) is 12.1. The second-order valence-corrected chi connectivity index (χ2v) is 7.58. The Morgan fingerprint density at radius 2 is 1.95 bits per heavy atom. The Balaban J connectivity index is 1.88. The van der Waals surface area contributed by atoms with E-state index < -0.39 is 27.5 Å². The van der Waals surface area contributed by atoms with E-state index in [9.17, 15) is 22.4 Å². The maximum absolute atomic E-state index is 12.8. The van der Waals surface area contributed by atoms with Crippen LogP contribution in [-0.4, -0.2) is 50.2 Å². The summed E-state index contributed by atoms with van der Waals surface area (Å²) in [6.45, 7) is -0.188. The molecule has 1 atom stereocenters. The summed E-state index contributed by atoms with van der Waals surface area (Å²) in [5.41, 5.74) is 0.427. The average molecular weight is 328 g/mol. The van der Waals surface area contributed by atoms with Gasteiger partial charge in [0.2, 0.25) is 11.8 Å². The van der Waals surface area contributed by atoms with Crippen molar-refractivity contribution in [3.05, 3.63) is 30.1 Å². The van der Waals surface area contributed by atoms with E-state index in [0.717, 1.165) is 0 Å². The molecule has 1 aromatic carbocycles. The van der Waals surface area contributed by atoms with Crippen LogP contribution in [0.4, 0.5) is 10.1 Å². The molecule has 0 spiro atoms. The fraction of sp³-hybridized carbons (Fsp3) is 0.429.